The summed E-state index contributed by atoms with van der Waals surface area (Å²) in [6, 6.07) is 31.3. The molecule has 3 heteroatoms. The Morgan fingerprint density at radius 1 is 0.769 bits per heavy atom. The third-order valence-electron chi connectivity index (χ3n) is 7.82. The molecule has 5 rings (SSSR count). The molecule has 1 heterocycles. The molecule has 5 aromatic rings. The van der Waals surface area contributed by atoms with Crippen LogP contribution in [0.4, 0.5) is 0 Å². The second-order valence-corrected chi connectivity index (χ2v) is 18.3. The molecule has 0 N–H and O–H groups in total. The molecule has 0 fully saturated rings. The van der Waals surface area contributed by atoms with Crippen LogP contribution < -0.4 is 5.19 Å². The minimum absolute atomic E-state index is 0.0675. The average molecular weight is 531 g/mol. The Morgan fingerprint density at radius 2 is 1.41 bits per heavy atom. The minimum atomic E-state index is -1.39. The van der Waals surface area contributed by atoms with Gasteiger partial charge in [-0.2, -0.15) is 0 Å². The first kappa shape index (κ1) is 27.1. The van der Waals surface area contributed by atoms with Crippen molar-refractivity contribution < 1.29 is 0 Å². The molecule has 0 spiro atoms. The first-order valence-electron chi connectivity index (χ1n) is 14.2. The fourth-order valence-corrected chi connectivity index (χ4v) is 6.70. The first-order chi connectivity index (χ1) is 18.4. The van der Waals surface area contributed by atoms with Gasteiger partial charge in [-0.05, 0) is 70.3 Å². The van der Waals surface area contributed by atoms with Gasteiger partial charge in [0.05, 0.1) is 24.8 Å². The van der Waals surface area contributed by atoms with Gasteiger partial charge in [0, 0.05) is 5.56 Å². The maximum atomic E-state index is 5.24. The number of rotatable bonds is 5. The molecule has 0 aliphatic rings. The van der Waals surface area contributed by atoms with Gasteiger partial charge >= 0.3 is 0 Å². The van der Waals surface area contributed by atoms with Crippen molar-refractivity contribution in [3.8, 4) is 28.2 Å². The van der Waals surface area contributed by atoms with E-state index in [0.717, 1.165) is 22.4 Å². The third kappa shape index (κ3) is 5.13. The topological polar surface area (TPSA) is 17.8 Å². The molecule has 0 saturated heterocycles. The summed E-state index contributed by atoms with van der Waals surface area (Å²) >= 11 is 0. The van der Waals surface area contributed by atoms with E-state index in [1.807, 2.05) is 0 Å². The van der Waals surface area contributed by atoms with Gasteiger partial charge < -0.3 is 0 Å². The van der Waals surface area contributed by atoms with Crippen LogP contribution in [0.1, 0.15) is 57.2 Å². The van der Waals surface area contributed by atoms with E-state index in [1.54, 1.807) is 0 Å². The third-order valence-corrected chi connectivity index (χ3v) is 9.88. The Bertz CT molecular complexity index is 1640. The van der Waals surface area contributed by atoms with Crippen LogP contribution in [0.15, 0.2) is 84.9 Å². The zero-order chi connectivity index (χ0) is 28.1. The Hall–Kier alpha value is -3.43. The van der Waals surface area contributed by atoms with E-state index >= 15 is 0 Å². The Balaban J connectivity index is 1.87. The van der Waals surface area contributed by atoms with Gasteiger partial charge in [0.1, 0.15) is 5.82 Å². The number of fused-ring (bicyclic) bond motifs is 1. The van der Waals surface area contributed by atoms with E-state index < -0.39 is 8.07 Å². The van der Waals surface area contributed by atoms with Crippen molar-refractivity contribution in [2.45, 2.75) is 72.5 Å². The highest BCUT2D eigenvalue weighted by atomic mass is 28.3. The highest BCUT2D eigenvalue weighted by Crippen LogP contribution is 2.42. The lowest BCUT2D eigenvalue weighted by Gasteiger charge is -2.29. The summed E-state index contributed by atoms with van der Waals surface area (Å²) in [6.45, 7) is 21.0. The maximum absolute atomic E-state index is 5.24. The Kier molecular flexibility index (Phi) is 6.93. The maximum Gasteiger partial charge on any atom is 0.145 e. The molecule has 0 unspecified atom stereocenters. The second-order valence-electron chi connectivity index (χ2n) is 13.3. The molecular formula is C36H42N2Si. The van der Waals surface area contributed by atoms with Gasteiger partial charge in [0.15, 0.2) is 0 Å². The number of nitrogens with zero attached hydrogens (tertiary/aromatic N) is 2. The zero-order valence-electron chi connectivity index (χ0n) is 25.1. The van der Waals surface area contributed by atoms with Gasteiger partial charge in [-0.3, -0.25) is 4.57 Å². The lowest BCUT2D eigenvalue weighted by molar-refractivity contribution is 0.585. The molecule has 1 aromatic heterocycles. The van der Waals surface area contributed by atoms with E-state index in [1.165, 1.54) is 38.7 Å². The molecule has 39 heavy (non-hydrogen) atoms. The second kappa shape index (κ2) is 9.95. The van der Waals surface area contributed by atoms with Crippen LogP contribution in [-0.2, 0) is 5.41 Å². The fourth-order valence-electron chi connectivity index (χ4n) is 5.54. The summed E-state index contributed by atoms with van der Waals surface area (Å²) in [6.07, 6.45) is 0. The number of aryl methyl sites for hydroxylation is 1. The van der Waals surface area contributed by atoms with Crippen LogP contribution in [0.3, 0.4) is 0 Å². The summed E-state index contributed by atoms with van der Waals surface area (Å²) in [5.41, 5.74) is 11.1. The standard InChI is InChI=1S/C36H42N2Si/c1-24(2)30-22-27(29-15-11-10-14-25(29)3)23-31(36(4,5)6)34(30)38-33-17-13-12-16-32(33)37-35(38)26-18-20-28(21-19-26)39(7,8)9/h10-24H,1-9H3. The van der Waals surface area contributed by atoms with Crippen LogP contribution in [0, 0.1) is 6.92 Å². The molecule has 0 bridgehead atoms. The summed E-state index contributed by atoms with van der Waals surface area (Å²) in [5.74, 6) is 1.35. The van der Waals surface area contributed by atoms with Crippen molar-refractivity contribution in [1.82, 2.24) is 9.55 Å². The van der Waals surface area contributed by atoms with Crippen LogP contribution in [-0.4, -0.2) is 17.6 Å². The van der Waals surface area contributed by atoms with Crippen LogP contribution in [0.25, 0.3) is 39.2 Å². The van der Waals surface area contributed by atoms with Crippen molar-refractivity contribution >= 4 is 24.3 Å². The van der Waals surface area contributed by atoms with Crippen molar-refractivity contribution in [2.75, 3.05) is 0 Å². The van der Waals surface area contributed by atoms with E-state index in [0.29, 0.717) is 5.92 Å². The predicted molar refractivity (Wildman–Crippen MR) is 172 cm³/mol. The summed E-state index contributed by atoms with van der Waals surface area (Å²) in [4.78, 5) is 5.24. The van der Waals surface area contributed by atoms with Gasteiger partial charge in [-0.1, -0.05) is 120 Å². The monoisotopic (exact) mass is 530 g/mol. The molecule has 200 valence electrons. The number of imidazole rings is 1. The molecule has 0 radical (unpaired) electrons. The highest BCUT2D eigenvalue weighted by molar-refractivity contribution is 6.88. The van der Waals surface area contributed by atoms with E-state index in [4.69, 9.17) is 4.98 Å². The van der Waals surface area contributed by atoms with Gasteiger partial charge in [0.25, 0.3) is 0 Å². The van der Waals surface area contributed by atoms with Crippen LogP contribution in [0.2, 0.25) is 19.6 Å². The summed E-state index contributed by atoms with van der Waals surface area (Å²) < 4.78 is 2.44. The highest BCUT2D eigenvalue weighted by Gasteiger charge is 2.28. The van der Waals surface area contributed by atoms with E-state index in [9.17, 15) is 0 Å². The number of para-hydroxylation sites is 2. The molecule has 4 aromatic carbocycles. The predicted octanol–water partition coefficient (Wildman–Crippen LogP) is 9.63. The molecule has 0 aliphatic heterocycles. The Morgan fingerprint density at radius 3 is 2.03 bits per heavy atom. The number of hydrogen-bond acceptors (Lipinski definition) is 1. The summed E-state index contributed by atoms with van der Waals surface area (Å²) in [7, 11) is -1.39. The lowest BCUT2D eigenvalue weighted by Crippen LogP contribution is -2.37. The largest absolute Gasteiger partial charge is 0.292 e. The van der Waals surface area contributed by atoms with Crippen LogP contribution in [0.5, 0.6) is 0 Å². The first-order valence-corrected chi connectivity index (χ1v) is 17.7. The molecule has 0 amide bonds. The fraction of sp³-hybridized carbons (Fsp3) is 0.306. The molecule has 0 aliphatic carbocycles. The van der Waals surface area contributed by atoms with Gasteiger partial charge in [0.2, 0.25) is 0 Å². The molecular weight excluding hydrogens is 488 g/mol. The summed E-state index contributed by atoms with van der Waals surface area (Å²) in [5, 5.41) is 1.47. The van der Waals surface area contributed by atoms with Crippen molar-refractivity contribution in [2.24, 2.45) is 0 Å². The molecule has 2 nitrogen and oxygen atoms in total. The van der Waals surface area contributed by atoms with Gasteiger partial charge in [-0.25, -0.2) is 4.98 Å². The van der Waals surface area contributed by atoms with Crippen molar-refractivity contribution in [3.63, 3.8) is 0 Å². The number of benzene rings is 4. The SMILES string of the molecule is Cc1ccccc1-c1cc(C(C)C)c(-n2c(-c3ccc([Si](C)(C)C)cc3)nc3ccccc32)c(C(C)(C)C)c1. The average Bonchev–Trinajstić information content (AvgIpc) is 3.26. The van der Waals surface area contributed by atoms with E-state index in [2.05, 4.69) is 151 Å². The number of hydrogen-bond donors (Lipinski definition) is 0. The smallest absolute Gasteiger partial charge is 0.145 e. The van der Waals surface area contributed by atoms with Crippen LogP contribution >= 0.6 is 0 Å². The normalized spacial score (nSPS) is 12.5. The van der Waals surface area contributed by atoms with Crippen molar-refractivity contribution in [1.29, 1.82) is 0 Å². The quantitative estimate of drug-likeness (QED) is 0.207. The number of aromatic nitrogens is 2. The van der Waals surface area contributed by atoms with Crippen molar-refractivity contribution in [3.05, 3.63) is 102 Å². The Labute approximate surface area is 235 Å². The zero-order valence-corrected chi connectivity index (χ0v) is 26.1. The minimum Gasteiger partial charge on any atom is -0.292 e. The van der Waals surface area contributed by atoms with Gasteiger partial charge in [-0.15, -0.1) is 0 Å². The molecule has 0 saturated carbocycles. The lowest BCUT2D eigenvalue weighted by atomic mass is 9.80. The molecule has 0 atom stereocenters. The van der Waals surface area contributed by atoms with E-state index in [-0.39, 0.29) is 5.41 Å².